The first-order chi connectivity index (χ1) is 18.0. The van der Waals surface area contributed by atoms with Crippen molar-refractivity contribution >= 4 is 5.97 Å². The number of cyclic esters (lactones) is 1. The SMILES string of the molecule is C[C@@H]1O[C@H](O[C@@H]2CC[C@]3(CO)[C@H](CC[C@@H]4[C@@H]3CC[C@]3(C)[C@H](C5=CC(=O)OC5)CC[C@@]43O)C2)[C@H](O)[C@H](O)[C@@H]1O. The van der Waals surface area contributed by atoms with Gasteiger partial charge < -0.3 is 39.7 Å². The molecular weight excluding hydrogens is 492 g/mol. The number of hydrogen-bond acceptors (Lipinski definition) is 9. The summed E-state index contributed by atoms with van der Waals surface area (Å²) >= 11 is 0. The molecular formula is C29H44O9. The molecule has 214 valence electrons. The van der Waals surface area contributed by atoms with Gasteiger partial charge in [-0.2, -0.15) is 0 Å². The van der Waals surface area contributed by atoms with E-state index in [0.717, 1.165) is 50.5 Å². The van der Waals surface area contributed by atoms with Crippen LogP contribution in [0, 0.1) is 34.5 Å². The van der Waals surface area contributed by atoms with Gasteiger partial charge in [-0.15, -0.1) is 0 Å². The lowest BCUT2D eigenvalue weighted by Crippen LogP contribution is -2.64. The second-order valence-electron chi connectivity index (χ2n) is 13.4. The Kier molecular flexibility index (Phi) is 6.78. The zero-order chi connectivity index (χ0) is 27.0. The van der Waals surface area contributed by atoms with Gasteiger partial charge in [-0.25, -0.2) is 4.79 Å². The molecule has 0 aromatic carbocycles. The van der Waals surface area contributed by atoms with E-state index < -0.39 is 36.3 Å². The normalized spacial score (nSPS) is 54.5. The van der Waals surface area contributed by atoms with Crippen LogP contribution in [-0.2, 0) is 19.0 Å². The molecule has 38 heavy (non-hydrogen) atoms. The summed E-state index contributed by atoms with van der Waals surface area (Å²) < 4.78 is 17.1. The fraction of sp³-hybridized carbons (Fsp3) is 0.897. The molecule has 5 fully saturated rings. The zero-order valence-electron chi connectivity index (χ0n) is 22.5. The van der Waals surface area contributed by atoms with E-state index in [4.69, 9.17) is 14.2 Å². The van der Waals surface area contributed by atoms with E-state index in [9.17, 15) is 30.3 Å². The summed E-state index contributed by atoms with van der Waals surface area (Å²) in [6, 6.07) is 0. The van der Waals surface area contributed by atoms with Gasteiger partial charge in [-0.3, -0.25) is 0 Å². The lowest BCUT2D eigenvalue weighted by Gasteiger charge is -2.64. The molecule has 0 radical (unpaired) electrons. The van der Waals surface area contributed by atoms with E-state index in [1.807, 2.05) is 0 Å². The molecule has 6 rings (SSSR count). The second kappa shape index (κ2) is 9.50. The van der Waals surface area contributed by atoms with Crippen molar-refractivity contribution in [1.82, 2.24) is 0 Å². The number of hydrogen-bond donors (Lipinski definition) is 5. The summed E-state index contributed by atoms with van der Waals surface area (Å²) in [5.41, 5.74) is -0.401. The first-order valence-electron chi connectivity index (χ1n) is 14.6. The standard InChI is InChI=1S/C29H44O9/c1-15-23(32)24(33)25(34)26(37-15)38-18-5-9-28(14-30)17(12-18)3-4-21-20(28)6-8-27(2)19(7-10-29(21,27)35)16-11-22(31)36-13-16/h11,15,17-21,23-26,30,32-35H,3-10,12-14H2,1-2H3/t15-,17+,18+,19-,20-,21+,23+,24+,25+,26+,27+,28-,29+/m0/s1. The quantitative estimate of drug-likeness (QED) is 0.266. The van der Waals surface area contributed by atoms with E-state index in [2.05, 4.69) is 6.92 Å². The largest absolute Gasteiger partial charge is 0.458 e. The fourth-order valence-corrected chi connectivity index (χ4v) is 9.91. The molecule has 4 aliphatic carbocycles. The Balaban J connectivity index is 1.19. The molecule has 5 N–H and O–H groups in total. The minimum Gasteiger partial charge on any atom is -0.458 e. The van der Waals surface area contributed by atoms with Crippen molar-refractivity contribution in [2.45, 2.75) is 114 Å². The highest BCUT2D eigenvalue weighted by atomic mass is 16.7. The smallest absolute Gasteiger partial charge is 0.331 e. The highest BCUT2D eigenvalue weighted by molar-refractivity contribution is 5.85. The average Bonchev–Trinajstić information content (AvgIpc) is 3.45. The third kappa shape index (κ3) is 3.80. The van der Waals surface area contributed by atoms with Gasteiger partial charge in [0.15, 0.2) is 6.29 Å². The van der Waals surface area contributed by atoms with Crippen LogP contribution in [0.2, 0.25) is 0 Å². The van der Waals surface area contributed by atoms with E-state index >= 15 is 0 Å². The van der Waals surface area contributed by atoms with Crippen LogP contribution in [0.3, 0.4) is 0 Å². The zero-order valence-corrected chi connectivity index (χ0v) is 22.5. The summed E-state index contributed by atoms with van der Waals surface area (Å²) in [6.45, 7) is 4.27. The van der Waals surface area contributed by atoms with Crippen LogP contribution < -0.4 is 0 Å². The predicted octanol–water partition coefficient (Wildman–Crippen LogP) is 1.43. The molecule has 1 saturated heterocycles. The summed E-state index contributed by atoms with van der Waals surface area (Å²) in [6.07, 6.45) is 3.35. The van der Waals surface area contributed by atoms with Gasteiger partial charge in [0.1, 0.15) is 24.9 Å². The maximum absolute atomic E-state index is 12.4. The average molecular weight is 537 g/mol. The minimum absolute atomic E-state index is 0.0831. The monoisotopic (exact) mass is 536 g/mol. The highest BCUT2D eigenvalue weighted by Crippen LogP contribution is 2.70. The van der Waals surface area contributed by atoms with Crippen LogP contribution in [0.1, 0.15) is 71.6 Å². The molecule has 0 unspecified atom stereocenters. The van der Waals surface area contributed by atoms with Crippen molar-refractivity contribution < 1.29 is 44.5 Å². The molecule has 9 heteroatoms. The molecule has 0 aromatic rings. The first-order valence-corrected chi connectivity index (χ1v) is 14.6. The fourth-order valence-electron chi connectivity index (χ4n) is 9.91. The second-order valence-corrected chi connectivity index (χ2v) is 13.4. The van der Waals surface area contributed by atoms with Crippen LogP contribution in [0.25, 0.3) is 0 Å². The molecule has 0 aromatic heterocycles. The van der Waals surface area contributed by atoms with Gasteiger partial charge in [0.25, 0.3) is 0 Å². The van der Waals surface area contributed by atoms with Gasteiger partial charge in [0.2, 0.25) is 0 Å². The van der Waals surface area contributed by atoms with Crippen molar-refractivity contribution in [3.8, 4) is 0 Å². The van der Waals surface area contributed by atoms with Crippen molar-refractivity contribution in [1.29, 1.82) is 0 Å². The Labute approximate surface area is 224 Å². The lowest BCUT2D eigenvalue weighted by molar-refractivity contribution is -0.311. The van der Waals surface area contributed by atoms with Crippen LogP contribution in [-0.4, -0.2) is 87.1 Å². The molecule has 9 nitrogen and oxygen atoms in total. The minimum atomic E-state index is -1.32. The van der Waals surface area contributed by atoms with Crippen LogP contribution in [0.5, 0.6) is 0 Å². The van der Waals surface area contributed by atoms with Gasteiger partial charge in [0, 0.05) is 18.1 Å². The Hall–Kier alpha value is -1.07. The molecule has 0 spiro atoms. The number of rotatable bonds is 4. The van der Waals surface area contributed by atoms with Gasteiger partial charge in [-0.05, 0) is 99.4 Å². The maximum atomic E-state index is 12.4. The highest BCUT2D eigenvalue weighted by Gasteiger charge is 2.68. The van der Waals surface area contributed by atoms with E-state index in [0.29, 0.717) is 19.4 Å². The summed E-state index contributed by atoms with van der Waals surface area (Å²) in [5, 5.41) is 53.9. The molecule has 2 heterocycles. The summed E-state index contributed by atoms with van der Waals surface area (Å²) in [5.74, 6) is 0.414. The third-order valence-electron chi connectivity index (χ3n) is 12.1. The Morgan fingerprint density at radius 3 is 2.50 bits per heavy atom. The molecule has 0 bridgehead atoms. The van der Waals surface area contributed by atoms with Gasteiger partial charge >= 0.3 is 5.97 Å². The van der Waals surface area contributed by atoms with Crippen molar-refractivity contribution in [3.63, 3.8) is 0 Å². The molecule has 6 aliphatic rings. The number of fused-ring (bicyclic) bond motifs is 5. The van der Waals surface area contributed by atoms with Gasteiger partial charge in [0.05, 0.1) is 17.8 Å². The number of aliphatic hydroxyl groups is 5. The van der Waals surface area contributed by atoms with Crippen LogP contribution in [0.4, 0.5) is 0 Å². The molecule has 4 saturated carbocycles. The first kappa shape index (κ1) is 27.1. The number of esters is 1. The van der Waals surface area contributed by atoms with E-state index in [1.165, 1.54) is 0 Å². The number of carbonyl (C=O) groups excluding carboxylic acids is 1. The molecule has 13 atom stereocenters. The Morgan fingerprint density at radius 1 is 1.00 bits per heavy atom. The van der Waals surface area contributed by atoms with E-state index in [-0.39, 0.29) is 53.2 Å². The van der Waals surface area contributed by atoms with Crippen LogP contribution in [0.15, 0.2) is 11.6 Å². The summed E-state index contributed by atoms with van der Waals surface area (Å²) in [7, 11) is 0. The molecule has 2 aliphatic heterocycles. The predicted molar refractivity (Wildman–Crippen MR) is 134 cm³/mol. The van der Waals surface area contributed by atoms with Crippen molar-refractivity contribution in [2.75, 3.05) is 13.2 Å². The van der Waals surface area contributed by atoms with Crippen molar-refractivity contribution in [3.05, 3.63) is 11.6 Å². The third-order valence-corrected chi connectivity index (χ3v) is 12.1. The number of ether oxygens (including phenoxy) is 3. The topological polar surface area (TPSA) is 146 Å². The van der Waals surface area contributed by atoms with Gasteiger partial charge in [-0.1, -0.05) is 6.92 Å². The number of carbonyl (C=O) groups is 1. The number of aliphatic hydroxyl groups excluding tert-OH is 4. The Morgan fingerprint density at radius 2 is 1.79 bits per heavy atom. The Bertz CT molecular complexity index is 970. The van der Waals surface area contributed by atoms with Crippen molar-refractivity contribution in [2.24, 2.45) is 34.5 Å². The van der Waals surface area contributed by atoms with Crippen LogP contribution >= 0.6 is 0 Å². The van der Waals surface area contributed by atoms with E-state index in [1.54, 1.807) is 13.0 Å². The maximum Gasteiger partial charge on any atom is 0.331 e. The molecule has 0 amide bonds. The lowest BCUT2D eigenvalue weighted by atomic mass is 9.43. The summed E-state index contributed by atoms with van der Waals surface area (Å²) in [4.78, 5) is 11.8.